The second kappa shape index (κ2) is 7.61. The van der Waals surface area contributed by atoms with E-state index in [0.29, 0.717) is 39.6 Å². The van der Waals surface area contributed by atoms with Crippen LogP contribution in [0.4, 0.5) is 0 Å². The molecule has 0 radical (unpaired) electrons. The maximum absolute atomic E-state index is 13.1. The van der Waals surface area contributed by atoms with Crippen molar-refractivity contribution in [1.82, 2.24) is 19.5 Å². The summed E-state index contributed by atoms with van der Waals surface area (Å²) in [5, 5.41) is 1.84. The zero-order valence-electron chi connectivity index (χ0n) is 16.4. The molecule has 0 aliphatic heterocycles. The molecule has 3 heterocycles. The molecule has 0 amide bonds. The van der Waals surface area contributed by atoms with E-state index in [4.69, 9.17) is 4.98 Å². The van der Waals surface area contributed by atoms with Gasteiger partial charge in [-0.05, 0) is 38.0 Å². The summed E-state index contributed by atoms with van der Waals surface area (Å²) in [5.41, 5.74) is 2.41. The van der Waals surface area contributed by atoms with Crippen LogP contribution in [-0.4, -0.2) is 19.5 Å². The van der Waals surface area contributed by atoms with Gasteiger partial charge >= 0.3 is 0 Å². The molecule has 0 atom stereocenters. The smallest absolute Gasteiger partial charge is 0.263 e. The van der Waals surface area contributed by atoms with Gasteiger partial charge in [0.2, 0.25) is 0 Å². The molecule has 0 aliphatic carbocycles. The lowest BCUT2D eigenvalue weighted by atomic mass is 10.1. The molecule has 0 saturated heterocycles. The first kappa shape index (κ1) is 19.6. The number of aromatic amines is 1. The molecule has 0 saturated carbocycles. The Kier molecular flexibility index (Phi) is 5.14. The summed E-state index contributed by atoms with van der Waals surface area (Å²) in [6.45, 7) is 10.0. The van der Waals surface area contributed by atoms with E-state index < -0.39 is 0 Å². The molecule has 3 aromatic heterocycles. The van der Waals surface area contributed by atoms with E-state index in [2.05, 4.69) is 16.5 Å². The van der Waals surface area contributed by atoms with Crippen LogP contribution in [0.25, 0.3) is 21.1 Å². The molecular weight excluding hydrogens is 404 g/mol. The Labute approximate surface area is 175 Å². The third-order valence-corrected chi connectivity index (χ3v) is 6.98. The van der Waals surface area contributed by atoms with Crippen LogP contribution in [0.5, 0.6) is 0 Å². The third-order valence-electron chi connectivity index (χ3n) is 4.89. The Morgan fingerprint density at radius 1 is 1.24 bits per heavy atom. The quantitative estimate of drug-likeness (QED) is 0.296. The number of allylic oxidation sites excluding steroid dienone is 1. The summed E-state index contributed by atoms with van der Waals surface area (Å²) in [6, 6.07) is 5.55. The van der Waals surface area contributed by atoms with Crippen molar-refractivity contribution < 1.29 is 0 Å². The monoisotopic (exact) mass is 424 g/mol. The standard InChI is InChI=1S/C21H20N4O2S2/c1-5-9-25-20(27)16-12(3)13(4)29-19(16)24-21(25)28-10-15-22-17-11(2)7-6-8-14(17)18(26)23-15/h5-8H,1,9-10H2,2-4H3,(H,22,23,26). The normalized spacial score (nSPS) is 11.4. The molecule has 29 heavy (non-hydrogen) atoms. The van der Waals surface area contributed by atoms with Crippen molar-refractivity contribution >= 4 is 44.2 Å². The van der Waals surface area contributed by atoms with E-state index >= 15 is 0 Å². The van der Waals surface area contributed by atoms with Crippen LogP contribution < -0.4 is 11.1 Å². The molecule has 0 spiro atoms. The fourth-order valence-electron chi connectivity index (χ4n) is 3.26. The summed E-state index contributed by atoms with van der Waals surface area (Å²) in [6.07, 6.45) is 1.69. The molecule has 148 valence electrons. The van der Waals surface area contributed by atoms with E-state index in [1.54, 1.807) is 16.7 Å². The number of hydrogen-bond acceptors (Lipinski definition) is 6. The predicted molar refractivity (Wildman–Crippen MR) is 120 cm³/mol. The minimum atomic E-state index is -0.161. The Balaban J connectivity index is 1.77. The van der Waals surface area contributed by atoms with E-state index in [1.807, 2.05) is 32.9 Å². The molecule has 0 fully saturated rings. The van der Waals surface area contributed by atoms with Crippen molar-refractivity contribution in [3.05, 3.63) is 73.4 Å². The largest absolute Gasteiger partial charge is 0.309 e. The first-order chi connectivity index (χ1) is 13.9. The highest BCUT2D eigenvalue weighted by molar-refractivity contribution is 7.98. The van der Waals surface area contributed by atoms with Crippen molar-refractivity contribution in [3.63, 3.8) is 0 Å². The van der Waals surface area contributed by atoms with E-state index in [0.717, 1.165) is 20.8 Å². The second-order valence-electron chi connectivity index (χ2n) is 6.83. The number of nitrogens with zero attached hydrogens (tertiary/aromatic N) is 3. The van der Waals surface area contributed by atoms with Gasteiger partial charge in [-0.15, -0.1) is 17.9 Å². The summed E-state index contributed by atoms with van der Waals surface area (Å²) in [4.78, 5) is 39.5. The number of thioether (sulfide) groups is 1. The number of hydrogen-bond donors (Lipinski definition) is 1. The zero-order valence-corrected chi connectivity index (χ0v) is 18.0. The van der Waals surface area contributed by atoms with Crippen molar-refractivity contribution in [2.24, 2.45) is 0 Å². The number of nitrogens with one attached hydrogen (secondary N) is 1. The second-order valence-corrected chi connectivity index (χ2v) is 8.98. The zero-order chi connectivity index (χ0) is 20.7. The van der Waals surface area contributed by atoms with Gasteiger partial charge in [0.25, 0.3) is 11.1 Å². The van der Waals surface area contributed by atoms with Crippen LogP contribution in [0.15, 0.2) is 45.6 Å². The maximum atomic E-state index is 13.1. The van der Waals surface area contributed by atoms with Gasteiger partial charge in [-0.25, -0.2) is 9.97 Å². The highest BCUT2D eigenvalue weighted by Crippen LogP contribution is 2.29. The number of benzene rings is 1. The third kappa shape index (κ3) is 3.42. The average molecular weight is 425 g/mol. The SMILES string of the molecule is C=CCn1c(SCc2nc3c(C)cccc3c(=O)[nH]2)nc2sc(C)c(C)c2c1=O. The summed E-state index contributed by atoms with van der Waals surface area (Å²) >= 11 is 2.91. The Bertz CT molecular complexity index is 1380. The van der Waals surface area contributed by atoms with Crippen LogP contribution in [0.2, 0.25) is 0 Å². The summed E-state index contributed by atoms with van der Waals surface area (Å²) < 4.78 is 1.63. The van der Waals surface area contributed by atoms with Gasteiger partial charge in [-0.1, -0.05) is 30.0 Å². The van der Waals surface area contributed by atoms with Gasteiger partial charge in [0.15, 0.2) is 5.16 Å². The molecule has 4 rings (SSSR count). The number of thiophene rings is 1. The minimum Gasteiger partial charge on any atom is -0.309 e. The van der Waals surface area contributed by atoms with Crippen molar-refractivity contribution in [2.75, 3.05) is 0 Å². The fourth-order valence-corrected chi connectivity index (χ4v) is 5.21. The topological polar surface area (TPSA) is 80.6 Å². The van der Waals surface area contributed by atoms with E-state index in [-0.39, 0.29) is 11.1 Å². The molecule has 0 aliphatic rings. The number of aromatic nitrogens is 4. The van der Waals surface area contributed by atoms with Gasteiger partial charge in [0.05, 0.1) is 22.0 Å². The Hall–Kier alpha value is -2.71. The molecule has 6 nitrogen and oxygen atoms in total. The lowest BCUT2D eigenvalue weighted by Crippen LogP contribution is -2.22. The van der Waals surface area contributed by atoms with Crippen LogP contribution in [-0.2, 0) is 12.3 Å². The molecule has 4 aromatic rings. The van der Waals surface area contributed by atoms with Crippen LogP contribution in [0, 0.1) is 20.8 Å². The van der Waals surface area contributed by atoms with E-state index in [1.165, 1.54) is 23.1 Å². The number of fused-ring (bicyclic) bond motifs is 2. The number of para-hydroxylation sites is 1. The summed E-state index contributed by atoms with van der Waals surface area (Å²) in [5.74, 6) is 0.956. The number of rotatable bonds is 5. The van der Waals surface area contributed by atoms with Crippen molar-refractivity contribution in [2.45, 2.75) is 38.2 Å². The molecule has 8 heteroatoms. The predicted octanol–water partition coefficient (Wildman–Crippen LogP) is 4.10. The highest BCUT2D eigenvalue weighted by Gasteiger charge is 2.17. The highest BCUT2D eigenvalue weighted by atomic mass is 32.2. The van der Waals surface area contributed by atoms with E-state index in [9.17, 15) is 9.59 Å². The van der Waals surface area contributed by atoms with Crippen LogP contribution in [0.1, 0.15) is 21.8 Å². The van der Waals surface area contributed by atoms with Gasteiger partial charge in [-0.3, -0.25) is 14.2 Å². The Morgan fingerprint density at radius 2 is 2.03 bits per heavy atom. The van der Waals surface area contributed by atoms with Crippen LogP contribution >= 0.6 is 23.1 Å². The van der Waals surface area contributed by atoms with Gasteiger partial charge in [-0.2, -0.15) is 0 Å². The lowest BCUT2D eigenvalue weighted by Gasteiger charge is -2.10. The lowest BCUT2D eigenvalue weighted by molar-refractivity contribution is 0.672. The average Bonchev–Trinajstić information content (AvgIpc) is 2.97. The van der Waals surface area contributed by atoms with Gasteiger partial charge in [0.1, 0.15) is 10.7 Å². The summed E-state index contributed by atoms with van der Waals surface area (Å²) in [7, 11) is 0. The molecule has 1 aromatic carbocycles. The first-order valence-electron chi connectivity index (χ1n) is 9.13. The Morgan fingerprint density at radius 3 is 2.79 bits per heavy atom. The number of aryl methyl sites for hydroxylation is 3. The van der Waals surface area contributed by atoms with Gasteiger partial charge in [0, 0.05) is 11.4 Å². The number of H-pyrrole nitrogens is 1. The fraction of sp³-hybridized carbons (Fsp3) is 0.238. The van der Waals surface area contributed by atoms with Crippen LogP contribution in [0.3, 0.4) is 0 Å². The maximum Gasteiger partial charge on any atom is 0.263 e. The molecule has 0 unspecified atom stereocenters. The van der Waals surface area contributed by atoms with Gasteiger partial charge < -0.3 is 4.98 Å². The van der Waals surface area contributed by atoms with Crippen molar-refractivity contribution in [3.8, 4) is 0 Å². The molecule has 1 N–H and O–H groups in total. The molecular formula is C21H20N4O2S2. The molecule has 0 bridgehead atoms. The first-order valence-corrected chi connectivity index (χ1v) is 10.9. The minimum absolute atomic E-state index is 0.0601. The van der Waals surface area contributed by atoms with Crippen molar-refractivity contribution in [1.29, 1.82) is 0 Å².